The first-order chi connectivity index (χ1) is 14.8. The van der Waals surface area contributed by atoms with Crippen LogP contribution < -0.4 is 25.4 Å². The molecule has 6 rings (SSSR count). The molecule has 1 saturated heterocycles. The second-order valence-corrected chi connectivity index (χ2v) is 7.91. The minimum Gasteiger partial charge on any atom is -0.489 e. The highest BCUT2D eigenvalue weighted by atomic mass is 16.5. The molecule has 4 heterocycles. The van der Waals surface area contributed by atoms with Crippen LogP contribution in [0.15, 0.2) is 41.4 Å². The molecule has 8 heteroatoms. The molecule has 0 aliphatic carbocycles. The highest BCUT2D eigenvalue weighted by Gasteiger charge is 2.29. The molecular weight excluding hydrogens is 380 g/mol. The van der Waals surface area contributed by atoms with Crippen molar-refractivity contribution in [1.29, 1.82) is 0 Å². The highest BCUT2D eigenvalue weighted by Crippen LogP contribution is 2.41. The molecule has 1 atom stereocenters. The van der Waals surface area contributed by atoms with E-state index in [0.29, 0.717) is 25.1 Å². The van der Waals surface area contributed by atoms with Gasteiger partial charge in [-0.2, -0.15) is 0 Å². The zero-order valence-corrected chi connectivity index (χ0v) is 16.7. The zero-order valence-electron chi connectivity index (χ0n) is 16.7. The Kier molecular flexibility index (Phi) is 3.97. The summed E-state index contributed by atoms with van der Waals surface area (Å²) >= 11 is 0. The predicted molar refractivity (Wildman–Crippen MR) is 117 cm³/mol. The van der Waals surface area contributed by atoms with Crippen LogP contribution in [0.5, 0.6) is 11.5 Å². The number of para-hydroxylation sites is 1. The molecule has 3 aromatic rings. The van der Waals surface area contributed by atoms with Crippen LogP contribution in [-0.4, -0.2) is 41.8 Å². The molecular formula is C22H24N6O2. The number of nitrogens with one attached hydrogen (secondary N) is 1. The summed E-state index contributed by atoms with van der Waals surface area (Å²) in [5.74, 6) is 2.53. The molecule has 3 aliphatic rings. The number of anilines is 2. The Morgan fingerprint density at radius 2 is 1.77 bits per heavy atom. The molecule has 1 unspecified atom stereocenters. The van der Waals surface area contributed by atoms with Gasteiger partial charge in [-0.15, -0.1) is 0 Å². The van der Waals surface area contributed by atoms with E-state index < -0.39 is 0 Å². The van der Waals surface area contributed by atoms with Crippen molar-refractivity contribution < 1.29 is 9.47 Å². The first-order valence-electron chi connectivity index (χ1n) is 10.5. The molecule has 154 valence electrons. The monoisotopic (exact) mass is 404 g/mol. The largest absolute Gasteiger partial charge is 0.489 e. The van der Waals surface area contributed by atoms with E-state index in [0.717, 1.165) is 47.6 Å². The molecule has 1 fully saturated rings. The third-order valence-corrected chi connectivity index (χ3v) is 5.97. The number of aromatic nitrogens is 2. The summed E-state index contributed by atoms with van der Waals surface area (Å²) in [7, 11) is 0. The molecule has 3 N–H and O–H groups in total. The van der Waals surface area contributed by atoms with Crippen molar-refractivity contribution in [3.63, 3.8) is 0 Å². The molecule has 1 aromatic heterocycles. The van der Waals surface area contributed by atoms with Gasteiger partial charge in [0.1, 0.15) is 0 Å². The number of rotatable bonds is 2. The maximum atomic E-state index is 6.17. The number of imidazole rings is 1. The van der Waals surface area contributed by atoms with Crippen LogP contribution in [0.1, 0.15) is 31.0 Å². The van der Waals surface area contributed by atoms with E-state index in [2.05, 4.69) is 39.0 Å². The van der Waals surface area contributed by atoms with Crippen LogP contribution in [0.25, 0.3) is 11.0 Å². The molecule has 3 aliphatic heterocycles. The molecule has 0 bridgehead atoms. The number of benzene rings is 2. The van der Waals surface area contributed by atoms with Gasteiger partial charge in [-0.3, -0.25) is 9.88 Å². The molecule has 8 nitrogen and oxygen atoms in total. The Balaban J connectivity index is 1.53. The van der Waals surface area contributed by atoms with Gasteiger partial charge in [0.25, 0.3) is 0 Å². The predicted octanol–water partition coefficient (Wildman–Crippen LogP) is 3.08. The second kappa shape index (κ2) is 6.83. The number of nitrogens with two attached hydrogens (primary N) is 1. The first kappa shape index (κ1) is 17.4. The fraction of sp³-hybridized carbons (Fsp3) is 0.364. The van der Waals surface area contributed by atoms with Crippen molar-refractivity contribution in [1.82, 2.24) is 9.55 Å². The van der Waals surface area contributed by atoms with Crippen LogP contribution in [0.3, 0.4) is 0 Å². The fourth-order valence-corrected chi connectivity index (χ4v) is 4.58. The number of aliphatic imine (C=N–C) groups is 1. The molecule has 30 heavy (non-hydrogen) atoms. The fourth-order valence-electron chi connectivity index (χ4n) is 4.58. The summed E-state index contributed by atoms with van der Waals surface area (Å²) in [6.45, 7) is 3.42. The van der Waals surface area contributed by atoms with Crippen molar-refractivity contribution in [2.24, 2.45) is 10.7 Å². The van der Waals surface area contributed by atoms with Crippen molar-refractivity contribution in [3.05, 3.63) is 42.0 Å². The number of fused-ring (bicyclic) bond motifs is 4. The minimum atomic E-state index is -0.298. The van der Waals surface area contributed by atoms with Crippen molar-refractivity contribution in [2.75, 3.05) is 36.5 Å². The van der Waals surface area contributed by atoms with E-state index >= 15 is 0 Å². The van der Waals surface area contributed by atoms with Gasteiger partial charge in [0.05, 0.1) is 24.2 Å². The number of ether oxygens (including phenoxy) is 2. The summed E-state index contributed by atoms with van der Waals surface area (Å²) in [5.41, 5.74) is 10.3. The van der Waals surface area contributed by atoms with Crippen LogP contribution in [0.2, 0.25) is 0 Å². The van der Waals surface area contributed by atoms with Gasteiger partial charge in [0.15, 0.2) is 23.6 Å². The normalized spacial score (nSPS) is 20.5. The van der Waals surface area contributed by atoms with E-state index in [-0.39, 0.29) is 6.17 Å². The maximum Gasteiger partial charge on any atom is 0.212 e. The SMILES string of the molecule is NC1=NC(c2ccccc2N2CCCC2)n2c(nc3cc4c(cc32)OCCCO4)N1. The van der Waals surface area contributed by atoms with Crippen LogP contribution in [0, 0.1) is 0 Å². The molecule has 0 radical (unpaired) electrons. The number of hydrogen-bond acceptors (Lipinski definition) is 7. The highest BCUT2D eigenvalue weighted by molar-refractivity contribution is 5.95. The van der Waals surface area contributed by atoms with Gasteiger partial charge in [0, 0.05) is 42.9 Å². The molecule has 0 saturated carbocycles. The smallest absolute Gasteiger partial charge is 0.212 e. The van der Waals surface area contributed by atoms with Crippen LogP contribution >= 0.6 is 0 Å². The Labute approximate surface area is 174 Å². The maximum absolute atomic E-state index is 6.17. The van der Waals surface area contributed by atoms with E-state index in [4.69, 9.17) is 25.2 Å². The second-order valence-electron chi connectivity index (χ2n) is 7.91. The van der Waals surface area contributed by atoms with Gasteiger partial charge < -0.3 is 20.1 Å². The van der Waals surface area contributed by atoms with Gasteiger partial charge in [-0.25, -0.2) is 9.98 Å². The third kappa shape index (κ3) is 2.74. The van der Waals surface area contributed by atoms with E-state index in [9.17, 15) is 0 Å². The molecule has 2 aromatic carbocycles. The van der Waals surface area contributed by atoms with Crippen molar-refractivity contribution in [3.8, 4) is 11.5 Å². The van der Waals surface area contributed by atoms with Crippen molar-refractivity contribution >= 4 is 28.6 Å². The van der Waals surface area contributed by atoms with Gasteiger partial charge in [0.2, 0.25) is 5.95 Å². The average Bonchev–Trinajstić information content (AvgIpc) is 3.34. The van der Waals surface area contributed by atoms with E-state index in [1.165, 1.54) is 18.5 Å². The average molecular weight is 404 g/mol. The summed E-state index contributed by atoms with van der Waals surface area (Å²) in [6, 6.07) is 12.4. The van der Waals surface area contributed by atoms with E-state index in [1.54, 1.807) is 0 Å². The zero-order chi connectivity index (χ0) is 20.1. The standard InChI is InChI=1S/C22H24N6O2/c23-21-25-20(14-6-1-2-7-16(14)27-8-3-4-9-27)28-17-13-19-18(29-10-5-11-30-19)12-15(17)24-22(28)26-21/h1-2,6-7,12-13,20H,3-5,8-11H2,(H3,23,24,25,26). The van der Waals surface area contributed by atoms with Crippen molar-refractivity contribution in [2.45, 2.75) is 25.4 Å². The quantitative estimate of drug-likeness (QED) is 0.682. The Morgan fingerprint density at radius 1 is 1.00 bits per heavy atom. The molecule has 0 spiro atoms. The number of hydrogen-bond donors (Lipinski definition) is 2. The van der Waals surface area contributed by atoms with E-state index in [1.807, 2.05) is 12.1 Å². The Morgan fingerprint density at radius 3 is 2.60 bits per heavy atom. The lowest BCUT2D eigenvalue weighted by atomic mass is 10.1. The summed E-state index contributed by atoms with van der Waals surface area (Å²) in [5, 5.41) is 3.13. The summed E-state index contributed by atoms with van der Waals surface area (Å²) in [4.78, 5) is 12.0. The number of guanidine groups is 1. The summed E-state index contributed by atoms with van der Waals surface area (Å²) < 4.78 is 13.9. The number of nitrogens with zero attached hydrogens (tertiary/aromatic N) is 4. The summed E-state index contributed by atoms with van der Waals surface area (Å²) in [6.07, 6.45) is 3.00. The first-order valence-corrected chi connectivity index (χ1v) is 10.5. The third-order valence-electron chi connectivity index (χ3n) is 5.97. The van der Waals surface area contributed by atoms with Gasteiger partial charge in [-0.05, 0) is 18.9 Å². The lowest BCUT2D eigenvalue weighted by Crippen LogP contribution is -2.32. The lowest BCUT2D eigenvalue weighted by molar-refractivity contribution is 0.297. The lowest BCUT2D eigenvalue weighted by Gasteiger charge is -2.28. The minimum absolute atomic E-state index is 0.298. The molecule has 0 amide bonds. The van der Waals surface area contributed by atoms with Gasteiger partial charge in [-0.1, -0.05) is 18.2 Å². The van der Waals surface area contributed by atoms with Gasteiger partial charge >= 0.3 is 0 Å². The topological polar surface area (TPSA) is 89.9 Å². The van der Waals surface area contributed by atoms with Crippen LogP contribution in [-0.2, 0) is 0 Å². The Hall–Kier alpha value is -3.42. The Bertz CT molecular complexity index is 1150. The van der Waals surface area contributed by atoms with Crippen LogP contribution in [0.4, 0.5) is 11.6 Å².